The number of carbonyl (C=O) groups excluding carboxylic acids is 1. The van der Waals surface area contributed by atoms with Gasteiger partial charge in [-0.25, -0.2) is 9.97 Å². The molecule has 0 saturated carbocycles. The van der Waals surface area contributed by atoms with Crippen molar-refractivity contribution in [2.75, 3.05) is 44.7 Å². The fourth-order valence-electron chi connectivity index (χ4n) is 3.15. The molecule has 0 bridgehead atoms. The molecule has 21 heavy (non-hydrogen) atoms. The molecule has 1 aromatic heterocycles. The maximum Gasteiger partial charge on any atom is 0.306 e. The van der Waals surface area contributed by atoms with Gasteiger partial charge in [0.25, 0.3) is 0 Å². The van der Waals surface area contributed by atoms with Crippen LogP contribution in [0.1, 0.15) is 24.1 Å². The molecule has 0 atom stereocenters. The average Bonchev–Trinajstić information content (AvgIpc) is 3.01. The quantitative estimate of drug-likeness (QED) is 0.759. The minimum atomic E-state index is -0.133. The van der Waals surface area contributed by atoms with Crippen molar-refractivity contribution in [3.05, 3.63) is 17.6 Å². The SMILES string of the molecule is COC(=O)CCN1CCN(c2ncnc3c2CCC3)CC1. The Labute approximate surface area is 125 Å². The van der Waals surface area contributed by atoms with Gasteiger partial charge in [0.2, 0.25) is 0 Å². The molecule has 0 N–H and O–H groups in total. The minimum absolute atomic E-state index is 0.133. The van der Waals surface area contributed by atoms with Gasteiger partial charge in [-0.2, -0.15) is 0 Å². The molecule has 2 aliphatic rings. The molecule has 114 valence electrons. The number of rotatable bonds is 4. The first-order valence-corrected chi connectivity index (χ1v) is 7.65. The van der Waals surface area contributed by atoms with E-state index < -0.39 is 0 Å². The van der Waals surface area contributed by atoms with Crippen LogP contribution in [0.15, 0.2) is 6.33 Å². The van der Waals surface area contributed by atoms with E-state index in [0.29, 0.717) is 6.42 Å². The van der Waals surface area contributed by atoms with Gasteiger partial charge in [-0.1, -0.05) is 0 Å². The standard InChI is InChI=1S/C15H22N4O2/c1-21-14(20)5-6-18-7-9-19(10-8-18)15-12-3-2-4-13(12)16-11-17-15/h11H,2-10H2,1H3. The zero-order valence-electron chi connectivity index (χ0n) is 12.5. The largest absolute Gasteiger partial charge is 0.469 e. The lowest BCUT2D eigenvalue weighted by Crippen LogP contribution is -2.47. The fraction of sp³-hybridized carbons (Fsp3) is 0.667. The van der Waals surface area contributed by atoms with Crippen molar-refractivity contribution in [3.63, 3.8) is 0 Å². The molecule has 1 fully saturated rings. The summed E-state index contributed by atoms with van der Waals surface area (Å²) in [7, 11) is 1.44. The smallest absolute Gasteiger partial charge is 0.306 e. The Hall–Kier alpha value is -1.69. The lowest BCUT2D eigenvalue weighted by atomic mass is 10.2. The van der Waals surface area contributed by atoms with Crippen LogP contribution in [-0.2, 0) is 22.4 Å². The molecule has 1 aliphatic carbocycles. The lowest BCUT2D eigenvalue weighted by Gasteiger charge is -2.35. The third kappa shape index (κ3) is 3.15. The molecule has 0 spiro atoms. The molecular weight excluding hydrogens is 268 g/mol. The van der Waals surface area contributed by atoms with E-state index in [4.69, 9.17) is 0 Å². The Morgan fingerprint density at radius 2 is 2.05 bits per heavy atom. The number of nitrogens with zero attached hydrogens (tertiary/aromatic N) is 4. The zero-order valence-corrected chi connectivity index (χ0v) is 12.5. The summed E-state index contributed by atoms with van der Waals surface area (Å²) in [6.45, 7) is 4.64. The van der Waals surface area contributed by atoms with E-state index in [0.717, 1.165) is 51.4 Å². The Morgan fingerprint density at radius 1 is 1.24 bits per heavy atom. The third-order valence-electron chi connectivity index (χ3n) is 4.38. The molecule has 0 amide bonds. The summed E-state index contributed by atoms with van der Waals surface area (Å²) < 4.78 is 4.69. The van der Waals surface area contributed by atoms with Crippen molar-refractivity contribution < 1.29 is 9.53 Å². The summed E-state index contributed by atoms with van der Waals surface area (Å²) in [4.78, 5) is 24.8. The Kier molecular flexibility index (Phi) is 4.34. The van der Waals surface area contributed by atoms with E-state index in [2.05, 4.69) is 24.5 Å². The molecule has 0 aromatic carbocycles. The molecule has 0 radical (unpaired) electrons. The molecule has 3 rings (SSSR count). The summed E-state index contributed by atoms with van der Waals surface area (Å²) in [6.07, 6.45) is 5.56. The number of aromatic nitrogens is 2. The van der Waals surface area contributed by atoms with Crippen molar-refractivity contribution in [1.29, 1.82) is 0 Å². The molecule has 6 nitrogen and oxygen atoms in total. The molecule has 6 heteroatoms. The number of carbonyl (C=O) groups is 1. The fourth-order valence-corrected chi connectivity index (χ4v) is 3.15. The van der Waals surface area contributed by atoms with Gasteiger partial charge in [0.15, 0.2) is 0 Å². The van der Waals surface area contributed by atoms with Crippen LogP contribution in [-0.4, -0.2) is 60.7 Å². The van der Waals surface area contributed by atoms with Crippen LogP contribution in [0.25, 0.3) is 0 Å². The highest BCUT2D eigenvalue weighted by molar-refractivity contribution is 5.69. The van der Waals surface area contributed by atoms with E-state index in [1.54, 1.807) is 6.33 Å². The first-order chi connectivity index (χ1) is 10.3. The highest BCUT2D eigenvalue weighted by atomic mass is 16.5. The topological polar surface area (TPSA) is 58.6 Å². The van der Waals surface area contributed by atoms with Crippen molar-refractivity contribution in [1.82, 2.24) is 14.9 Å². The van der Waals surface area contributed by atoms with E-state index in [9.17, 15) is 4.79 Å². The molecule has 1 aliphatic heterocycles. The van der Waals surface area contributed by atoms with Gasteiger partial charge < -0.3 is 9.64 Å². The number of anilines is 1. The van der Waals surface area contributed by atoms with Crippen LogP contribution < -0.4 is 4.90 Å². The van der Waals surface area contributed by atoms with E-state index in [-0.39, 0.29) is 5.97 Å². The van der Waals surface area contributed by atoms with Crippen LogP contribution in [0, 0.1) is 0 Å². The second kappa shape index (κ2) is 6.39. The number of piperazine rings is 1. The van der Waals surface area contributed by atoms with E-state index in [1.807, 2.05) is 0 Å². The van der Waals surface area contributed by atoms with Crippen molar-refractivity contribution >= 4 is 11.8 Å². The van der Waals surface area contributed by atoms with Crippen LogP contribution >= 0.6 is 0 Å². The maximum atomic E-state index is 11.2. The first kappa shape index (κ1) is 14.3. The van der Waals surface area contributed by atoms with Crippen molar-refractivity contribution in [3.8, 4) is 0 Å². The van der Waals surface area contributed by atoms with Gasteiger partial charge in [-0.05, 0) is 19.3 Å². The highest BCUT2D eigenvalue weighted by Gasteiger charge is 2.24. The molecule has 1 saturated heterocycles. The molecule has 2 heterocycles. The Morgan fingerprint density at radius 3 is 2.81 bits per heavy atom. The first-order valence-electron chi connectivity index (χ1n) is 7.65. The highest BCUT2D eigenvalue weighted by Crippen LogP contribution is 2.28. The van der Waals surface area contributed by atoms with Gasteiger partial charge >= 0.3 is 5.97 Å². The number of esters is 1. The second-order valence-corrected chi connectivity index (χ2v) is 5.63. The van der Waals surface area contributed by atoms with Gasteiger partial charge in [-0.3, -0.25) is 9.69 Å². The Bertz CT molecular complexity index is 512. The van der Waals surface area contributed by atoms with Crippen molar-refractivity contribution in [2.45, 2.75) is 25.7 Å². The summed E-state index contributed by atoms with van der Waals surface area (Å²) in [5.41, 5.74) is 2.58. The number of methoxy groups -OCH3 is 1. The van der Waals surface area contributed by atoms with Gasteiger partial charge in [-0.15, -0.1) is 0 Å². The summed E-state index contributed by atoms with van der Waals surface area (Å²) in [6, 6.07) is 0. The number of hydrogen-bond donors (Lipinski definition) is 0. The Balaban J connectivity index is 1.57. The van der Waals surface area contributed by atoms with E-state index in [1.165, 1.54) is 24.8 Å². The number of ether oxygens (including phenoxy) is 1. The normalized spacial score (nSPS) is 18.6. The summed E-state index contributed by atoms with van der Waals surface area (Å²) in [5, 5.41) is 0. The predicted molar refractivity (Wildman–Crippen MR) is 79.3 cm³/mol. The monoisotopic (exact) mass is 290 g/mol. The molecular formula is C15H22N4O2. The van der Waals surface area contributed by atoms with Crippen molar-refractivity contribution in [2.24, 2.45) is 0 Å². The maximum absolute atomic E-state index is 11.2. The minimum Gasteiger partial charge on any atom is -0.469 e. The van der Waals surface area contributed by atoms with Crippen LogP contribution in [0.5, 0.6) is 0 Å². The zero-order chi connectivity index (χ0) is 14.7. The third-order valence-corrected chi connectivity index (χ3v) is 4.38. The van der Waals surface area contributed by atoms with E-state index >= 15 is 0 Å². The van der Waals surface area contributed by atoms with Gasteiger partial charge in [0.05, 0.1) is 13.5 Å². The molecule has 1 aromatic rings. The summed E-state index contributed by atoms with van der Waals surface area (Å²) in [5.74, 6) is 0.996. The van der Waals surface area contributed by atoms with Crippen LogP contribution in [0.2, 0.25) is 0 Å². The van der Waals surface area contributed by atoms with Gasteiger partial charge in [0, 0.05) is 44.0 Å². The number of aryl methyl sites for hydroxylation is 1. The average molecular weight is 290 g/mol. The number of hydrogen-bond acceptors (Lipinski definition) is 6. The molecule has 0 unspecified atom stereocenters. The number of fused-ring (bicyclic) bond motifs is 1. The van der Waals surface area contributed by atoms with Crippen LogP contribution in [0.4, 0.5) is 5.82 Å². The van der Waals surface area contributed by atoms with Gasteiger partial charge in [0.1, 0.15) is 12.1 Å². The lowest BCUT2D eigenvalue weighted by molar-refractivity contribution is -0.141. The second-order valence-electron chi connectivity index (χ2n) is 5.63. The van der Waals surface area contributed by atoms with Crippen LogP contribution in [0.3, 0.4) is 0 Å². The summed E-state index contributed by atoms with van der Waals surface area (Å²) >= 11 is 0. The predicted octanol–water partition coefficient (Wildman–Crippen LogP) is 0.650.